The highest BCUT2D eigenvalue weighted by atomic mass is 35.5. The summed E-state index contributed by atoms with van der Waals surface area (Å²) < 4.78 is 7.07. The number of hydrogen-bond donors (Lipinski definition) is 2. The Labute approximate surface area is 184 Å². The standard InChI is InChI=1S/C21H22ClN5O2S/c1-11-6-5-7-16(12(11)2)23-20(28)19-18(14-8-9-17(29-4)15(22)10-14)26-27-13(3)24-25-21(27)30-19/h5-10,18-19,26H,1-4H3,(H,23,28)/t18-,19-/m1/s1. The van der Waals surface area contributed by atoms with E-state index in [9.17, 15) is 4.79 Å². The molecule has 0 saturated carbocycles. The lowest BCUT2D eigenvalue weighted by Gasteiger charge is -2.33. The van der Waals surface area contributed by atoms with Crippen LogP contribution >= 0.6 is 23.4 Å². The Kier molecular flexibility index (Phi) is 5.62. The smallest absolute Gasteiger partial charge is 0.240 e. The second kappa shape index (κ2) is 8.20. The Bertz CT molecular complexity index is 1120. The molecular formula is C21H22ClN5O2S. The predicted octanol–water partition coefficient (Wildman–Crippen LogP) is 4.26. The van der Waals surface area contributed by atoms with Crippen LogP contribution in [0.15, 0.2) is 41.6 Å². The first-order chi connectivity index (χ1) is 14.4. The molecule has 1 aliphatic heterocycles. The van der Waals surface area contributed by atoms with Crippen molar-refractivity contribution in [2.24, 2.45) is 0 Å². The van der Waals surface area contributed by atoms with Crippen molar-refractivity contribution in [1.29, 1.82) is 0 Å². The molecule has 7 nitrogen and oxygen atoms in total. The molecule has 0 bridgehead atoms. The van der Waals surface area contributed by atoms with Gasteiger partial charge in [0.2, 0.25) is 11.1 Å². The molecule has 3 aromatic rings. The Morgan fingerprint density at radius 3 is 2.77 bits per heavy atom. The number of methoxy groups -OCH3 is 1. The van der Waals surface area contributed by atoms with Crippen LogP contribution in [0, 0.1) is 20.8 Å². The van der Waals surface area contributed by atoms with Gasteiger partial charge < -0.3 is 15.5 Å². The lowest BCUT2D eigenvalue weighted by Crippen LogP contribution is -2.41. The van der Waals surface area contributed by atoms with Crippen LogP contribution in [0.1, 0.15) is 28.6 Å². The van der Waals surface area contributed by atoms with E-state index < -0.39 is 5.25 Å². The second-order valence-electron chi connectivity index (χ2n) is 7.14. The van der Waals surface area contributed by atoms with Crippen molar-refractivity contribution < 1.29 is 9.53 Å². The maximum absolute atomic E-state index is 13.4. The summed E-state index contributed by atoms with van der Waals surface area (Å²) in [5, 5.41) is 12.0. The maximum atomic E-state index is 13.4. The van der Waals surface area contributed by atoms with Gasteiger partial charge in [-0.3, -0.25) is 4.79 Å². The van der Waals surface area contributed by atoms with Crippen molar-refractivity contribution in [2.75, 3.05) is 17.9 Å². The van der Waals surface area contributed by atoms with Gasteiger partial charge >= 0.3 is 0 Å². The SMILES string of the molecule is COc1ccc([C@H]2Nn3c(C)nnc3S[C@H]2C(=O)Nc2cccc(C)c2C)cc1Cl. The van der Waals surface area contributed by atoms with E-state index >= 15 is 0 Å². The van der Waals surface area contributed by atoms with Gasteiger partial charge in [-0.05, 0) is 55.7 Å². The first-order valence-electron chi connectivity index (χ1n) is 9.44. The fourth-order valence-corrected chi connectivity index (χ4v) is 4.77. The second-order valence-corrected chi connectivity index (χ2v) is 8.66. The minimum atomic E-state index is -0.481. The zero-order valence-electron chi connectivity index (χ0n) is 17.1. The third-order valence-electron chi connectivity index (χ3n) is 5.25. The molecule has 0 fully saturated rings. The number of amides is 1. The normalized spacial score (nSPS) is 17.8. The van der Waals surface area contributed by atoms with E-state index in [2.05, 4.69) is 20.9 Å². The van der Waals surface area contributed by atoms with Gasteiger partial charge in [-0.15, -0.1) is 10.2 Å². The average Bonchev–Trinajstić information content (AvgIpc) is 3.10. The summed E-state index contributed by atoms with van der Waals surface area (Å²) in [5.74, 6) is 1.18. The number of aromatic nitrogens is 3. The highest BCUT2D eigenvalue weighted by Crippen LogP contribution is 2.39. The number of halogens is 1. The van der Waals surface area contributed by atoms with Gasteiger partial charge in [0.15, 0.2) is 0 Å². The summed E-state index contributed by atoms with van der Waals surface area (Å²) in [6, 6.07) is 11.1. The van der Waals surface area contributed by atoms with Gasteiger partial charge in [-0.1, -0.05) is 41.6 Å². The summed E-state index contributed by atoms with van der Waals surface area (Å²) in [6.07, 6.45) is 0. The van der Waals surface area contributed by atoms with Crippen molar-refractivity contribution >= 4 is 35.0 Å². The van der Waals surface area contributed by atoms with Crippen LogP contribution < -0.4 is 15.5 Å². The quantitative estimate of drug-likeness (QED) is 0.627. The molecule has 0 aliphatic carbocycles. The lowest BCUT2D eigenvalue weighted by atomic mass is 10.0. The molecule has 30 heavy (non-hydrogen) atoms. The van der Waals surface area contributed by atoms with Gasteiger partial charge in [0.1, 0.15) is 16.8 Å². The number of anilines is 1. The molecule has 1 aromatic heterocycles. The molecule has 2 aromatic carbocycles. The van der Waals surface area contributed by atoms with Gasteiger partial charge in [0.25, 0.3) is 0 Å². The van der Waals surface area contributed by atoms with Crippen molar-refractivity contribution in [1.82, 2.24) is 14.9 Å². The van der Waals surface area contributed by atoms with Gasteiger partial charge in [-0.25, -0.2) is 4.68 Å². The summed E-state index contributed by atoms with van der Waals surface area (Å²) in [7, 11) is 1.57. The number of aryl methyl sites for hydroxylation is 2. The van der Waals surface area contributed by atoms with E-state index in [4.69, 9.17) is 16.3 Å². The van der Waals surface area contributed by atoms with Crippen LogP contribution in [0.25, 0.3) is 0 Å². The van der Waals surface area contributed by atoms with Crippen LogP contribution in [-0.2, 0) is 4.79 Å². The number of hydrogen-bond acceptors (Lipinski definition) is 6. The summed E-state index contributed by atoms with van der Waals surface area (Å²) in [4.78, 5) is 13.4. The summed E-state index contributed by atoms with van der Waals surface area (Å²) in [5.41, 5.74) is 7.21. The number of rotatable bonds is 4. The van der Waals surface area contributed by atoms with E-state index in [1.165, 1.54) is 11.8 Å². The third-order valence-corrected chi connectivity index (χ3v) is 6.76. The third kappa shape index (κ3) is 3.73. The van der Waals surface area contributed by atoms with Crippen molar-refractivity contribution in [3.8, 4) is 5.75 Å². The molecule has 1 aliphatic rings. The summed E-state index contributed by atoms with van der Waals surface area (Å²) >= 11 is 7.74. The van der Waals surface area contributed by atoms with E-state index in [0.717, 1.165) is 28.2 Å². The topological polar surface area (TPSA) is 81.1 Å². The van der Waals surface area contributed by atoms with E-state index in [-0.39, 0.29) is 11.9 Å². The van der Waals surface area contributed by atoms with Crippen LogP contribution in [0.4, 0.5) is 5.69 Å². The zero-order chi connectivity index (χ0) is 21.4. The lowest BCUT2D eigenvalue weighted by molar-refractivity contribution is -0.116. The zero-order valence-corrected chi connectivity index (χ0v) is 18.6. The van der Waals surface area contributed by atoms with Crippen LogP contribution in [0.3, 0.4) is 0 Å². The van der Waals surface area contributed by atoms with E-state index in [0.29, 0.717) is 15.9 Å². The molecule has 1 amide bonds. The molecule has 9 heteroatoms. The molecule has 2 N–H and O–H groups in total. The van der Waals surface area contributed by atoms with Crippen molar-refractivity contribution in [3.63, 3.8) is 0 Å². The number of carbonyl (C=O) groups excluding carboxylic acids is 1. The van der Waals surface area contributed by atoms with Crippen molar-refractivity contribution in [2.45, 2.75) is 37.2 Å². The Morgan fingerprint density at radius 1 is 1.23 bits per heavy atom. The number of thioether (sulfide) groups is 1. The number of nitrogens with zero attached hydrogens (tertiary/aromatic N) is 3. The average molecular weight is 444 g/mol. The first kappa shape index (κ1) is 20.6. The fourth-order valence-electron chi connectivity index (χ4n) is 3.38. The van der Waals surface area contributed by atoms with Crippen molar-refractivity contribution in [3.05, 3.63) is 63.9 Å². The molecule has 0 radical (unpaired) electrons. The number of nitrogens with one attached hydrogen (secondary N) is 2. The number of benzene rings is 2. The Balaban J connectivity index is 1.70. The summed E-state index contributed by atoms with van der Waals surface area (Å²) in [6.45, 7) is 5.88. The molecule has 156 valence electrons. The predicted molar refractivity (Wildman–Crippen MR) is 119 cm³/mol. The molecule has 0 unspecified atom stereocenters. The number of fused-ring (bicyclic) bond motifs is 1. The minimum Gasteiger partial charge on any atom is -0.495 e. The molecule has 2 atom stereocenters. The number of carbonyl (C=O) groups is 1. The molecule has 0 saturated heterocycles. The highest BCUT2D eigenvalue weighted by Gasteiger charge is 2.37. The molecular weight excluding hydrogens is 422 g/mol. The van der Waals surface area contributed by atoms with Crippen LogP contribution in [-0.4, -0.2) is 33.1 Å². The molecule has 0 spiro atoms. The van der Waals surface area contributed by atoms with Gasteiger partial charge in [-0.2, -0.15) is 0 Å². The Morgan fingerprint density at radius 2 is 2.03 bits per heavy atom. The number of ether oxygens (including phenoxy) is 1. The van der Waals surface area contributed by atoms with Gasteiger partial charge in [0, 0.05) is 5.69 Å². The van der Waals surface area contributed by atoms with Gasteiger partial charge in [0.05, 0.1) is 18.2 Å². The molecule has 2 heterocycles. The molecule has 4 rings (SSSR count). The van der Waals surface area contributed by atoms with E-state index in [1.54, 1.807) is 17.9 Å². The maximum Gasteiger partial charge on any atom is 0.240 e. The van der Waals surface area contributed by atoms with E-state index in [1.807, 2.05) is 51.1 Å². The highest BCUT2D eigenvalue weighted by molar-refractivity contribution is 8.00. The first-order valence-corrected chi connectivity index (χ1v) is 10.7. The van der Waals surface area contributed by atoms with Crippen LogP contribution in [0.5, 0.6) is 5.75 Å². The minimum absolute atomic E-state index is 0.120. The van der Waals surface area contributed by atoms with Crippen LogP contribution in [0.2, 0.25) is 5.02 Å². The monoisotopic (exact) mass is 443 g/mol. The fraction of sp³-hybridized carbons (Fsp3) is 0.286. The Hall–Kier alpha value is -2.71. The largest absolute Gasteiger partial charge is 0.495 e.